The van der Waals surface area contributed by atoms with E-state index in [2.05, 4.69) is 35.1 Å². The molecule has 0 aromatic carbocycles. The first kappa shape index (κ1) is 26.5. The first-order valence-electron chi connectivity index (χ1n) is 11.3. The summed E-state index contributed by atoms with van der Waals surface area (Å²) in [6.45, 7) is 17.2. The Hall–Kier alpha value is -3.80. The van der Waals surface area contributed by atoms with Crippen molar-refractivity contribution in [3.05, 3.63) is 96.1 Å². The minimum Gasteiger partial charge on any atom is -0.322 e. The summed E-state index contributed by atoms with van der Waals surface area (Å²) in [7, 11) is 1.66. The molecule has 2 rings (SSSR count). The minimum absolute atomic E-state index is 0.0211. The monoisotopic (exact) mass is 458 g/mol. The van der Waals surface area contributed by atoms with Gasteiger partial charge in [-0.3, -0.25) is 14.6 Å². The van der Waals surface area contributed by atoms with Gasteiger partial charge < -0.3 is 5.32 Å². The molecular weight excluding hydrogens is 424 g/mol. The molecule has 1 aromatic heterocycles. The Balaban J connectivity index is 2.50. The number of nitrogens with zero attached hydrogens (tertiary/aromatic N) is 3. The number of nitrogens with one attached hydrogen (secondary N) is 1. The van der Waals surface area contributed by atoms with Crippen LogP contribution in [0.4, 0.5) is 0 Å². The second-order valence-electron chi connectivity index (χ2n) is 8.24. The number of allylic oxidation sites excluding steroid dienone is 10. The zero-order valence-electron chi connectivity index (χ0n) is 20.6. The number of ketones is 1. The molecule has 0 atom stereocenters. The highest BCUT2D eigenvalue weighted by molar-refractivity contribution is 5.97. The first-order valence-corrected chi connectivity index (χ1v) is 11.3. The van der Waals surface area contributed by atoms with Crippen LogP contribution in [0.5, 0.6) is 0 Å². The van der Waals surface area contributed by atoms with Crippen molar-refractivity contribution in [3.63, 3.8) is 0 Å². The van der Waals surface area contributed by atoms with Gasteiger partial charge in [0.15, 0.2) is 5.78 Å². The Morgan fingerprint density at radius 2 is 1.94 bits per heavy atom. The van der Waals surface area contributed by atoms with Crippen molar-refractivity contribution in [2.45, 2.75) is 46.0 Å². The number of carbonyl (C=O) groups excluding carboxylic acids is 2. The Bertz CT molecular complexity index is 1140. The summed E-state index contributed by atoms with van der Waals surface area (Å²) in [5, 5.41) is 7.46. The highest BCUT2D eigenvalue weighted by Gasteiger charge is 2.33. The normalized spacial score (nSPS) is 15.1. The number of aromatic nitrogens is 2. The number of Topliss-reactive ketones (excluding diaryl/α,β-unsaturated/α-hetero) is 1. The molecule has 0 aliphatic heterocycles. The van der Waals surface area contributed by atoms with Gasteiger partial charge in [-0.15, -0.1) is 0 Å². The van der Waals surface area contributed by atoms with Crippen LogP contribution in [0.2, 0.25) is 0 Å². The Kier molecular flexibility index (Phi) is 9.68. The topological polar surface area (TPSA) is 76.3 Å². The first-order chi connectivity index (χ1) is 16.2. The van der Waals surface area contributed by atoms with Gasteiger partial charge in [-0.05, 0) is 69.4 Å². The van der Waals surface area contributed by atoms with Crippen molar-refractivity contribution in [2.75, 3.05) is 7.05 Å². The summed E-state index contributed by atoms with van der Waals surface area (Å²) < 4.78 is 1.81. The summed E-state index contributed by atoms with van der Waals surface area (Å²) in [6.07, 6.45) is 16.6. The smallest absolute Gasteiger partial charge is 0.259 e. The lowest BCUT2D eigenvalue weighted by Crippen LogP contribution is -2.23. The standard InChI is InChI=1S/C28H34N4O2/c1-8-10-20(4)26(14-11-19(3)17-21(5)22(6)33)32-27(23-12-13-23)25(18-30-32)28(34)31-24(9-2)15-16-29-7/h8-11,14-16,18,23H,2,4-5,12-13,17H2,1,3,6-7H3,(H,31,34)/b10-8-,19-11-,24-15+,26-14+,29-16-. The largest absolute Gasteiger partial charge is 0.322 e. The molecule has 0 bridgehead atoms. The number of amides is 1. The van der Waals surface area contributed by atoms with E-state index in [0.717, 1.165) is 35.4 Å². The highest BCUT2D eigenvalue weighted by atomic mass is 16.1. The van der Waals surface area contributed by atoms with Crippen molar-refractivity contribution in [3.8, 4) is 0 Å². The average molecular weight is 459 g/mol. The van der Waals surface area contributed by atoms with Crippen molar-refractivity contribution < 1.29 is 9.59 Å². The zero-order chi connectivity index (χ0) is 25.3. The quantitative estimate of drug-likeness (QED) is 0.247. The van der Waals surface area contributed by atoms with Gasteiger partial charge in [0, 0.05) is 24.9 Å². The Labute approximate surface area is 202 Å². The van der Waals surface area contributed by atoms with E-state index in [1.54, 1.807) is 31.6 Å². The van der Waals surface area contributed by atoms with E-state index in [1.165, 1.54) is 6.92 Å². The third-order valence-corrected chi connectivity index (χ3v) is 5.34. The number of hydrogen-bond donors (Lipinski definition) is 1. The second kappa shape index (κ2) is 12.4. The van der Waals surface area contributed by atoms with E-state index in [-0.39, 0.29) is 17.6 Å². The molecule has 1 aliphatic carbocycles. The van der Waals surface area contributed by atoms with Crippen LogP contribution < -0.4 is 5.32 Å². The lowest BCUT2D eigenvalue weighted by Gasteiger charge is -2.13. The van der Waals surface area contributed by atoms with Crippen LogP contribution in [0.3, 0.4) is 0 Å². The SMILES string of the molecule is C=C/C(=C\C=N/C)NC(=O)c1cnn(/C(=C/C=C(/C)CC(=C)C(C)=O)C(=C)/C=C\C)c1C1CC1. The van der Waals surface area contributed by atoms with Crippen LogP contribution in [-0.4, -0.2) is 34.7 Å². The molecule has 1 N–H and O–H groups in total. The molecule has 1 heterocycles. The lowest BCUT2D eigenvalue weighted by atomic mass is 10.0. The summed E-state index contributed by atoms with van der Waals surface area (Å²) >= 11 is 0. The van der Waals surface area contributed by atoms with Crippen LogP contribution in [0.15, 0.2) is 89.8 Å². The molecule has 0 spiro atoms. The van der Waals surface area contributed by atoms with Crippen LogP contribution in [-0.2, 0) is 4.79 Å². The highest BCUT2D eigenvalue weighted by Crippen LogP contribution is 2.43. The van der Waals surface area contributed by atoms with Crippen molar-refractivity contribution in [2.24, 2.45) is 4.99 Å². The van der Waals surface area contributed by atoms with E-state index >= 15 is 0 Å². The number of carbonyl (C=O) groups is 2. The van der Waals surface area contributed by atoms with Gasteiger partial charge in [-0.2, -0.15) is 5.10 Å². The molecule has 6 nitrogen and oxygen atoms in total. The van der Waals surface area contributed by atoms with E-state index in [4.69, 9.17) is 0 Å². The van der Waals surface area contributed by atoms with E-state index in [9.17, 15) is 9.59 Å². The molecule has 1 aliphatic rings. The van der Waals surface area contributed by atoms with Crippen molar-refractivity contribution in [1.82, 2.24) is 15.1 Å². The Morgan fingerprint density at radius 1 is 1.24 bits per heavy atom. The molecule has 0 unspecified atom stereocenters. The maximum Gasteiger partial charge on any atom is 0.259 e. The fourth-order valence-electron chi connectivity index (χ4n) is 3.33. The van der Waals surface area contributed by atoms with Gasteiger partial charge >= 0.3 is 0 Å². The van der Waals surface area contributed by atoms with Crippen molar-refractivity contribution in [1.29, 1.82) is 0 Å². The fourth-order valence-corrected chi connectivity index (χ4v) is 3.33. The summed E-state index contributed by atoms with van der Waals surface area (Å²) in [5.74, 6) is -0.0163. The van der Waals surface area contributed by atoms with Gasteiger partial charge in [0.2, 0.25) is 0 Å². The van der Waals surface area contributed by atoms with Crippen LogP contribution in [0, 0.1) is 0 Å². The molecule has 0 saturated heterocycles. The molecule has 1 fully saturated rings. The lowest BCUT2D eigenvalue weighted by molar-refractivity contribution is -0.113. The minimum atomic E-state index is -0.246. The molecule has 178 valence electrons. The van der Waals surface area contributed by atoms with Gasteiger partial charge in [0.05, 0.1) is 23.2 Å². The van der Waals surface area contributed by atoms with E-state index in [1.807, 2.05) is 42.8 Å². The van der Waals surface area contributed by atoms with Crippen LogP contribution in [0.25, 0.3) is 5.70 Å². The molecule has 1 saturated carbocycles. The molecule has 1 aromatic rings. The third-order valence-electron chi connectivity index (χ3n) is 5.34. The number of aliphatic imine (C=N–C) groups is 1. The molecular formula is C28H34N4O2. The summed E-state index contributed by atoms with van der Waals surface area (Å²) in [5.41, 5.74) is 5.02. The molecule has 34 heavy (non-hydrogen) atoms. The Morgan fingerprint density at radius 3 is 2.50 bits per heavy atom. The fraction of sp³-hybridized carbons (Fsp3) is 0.286. The van der Waals surface area contributed by atoms with E-state index in [0.29, 0.717) is 23.3 Å². The maximum atomic E-state index is 13.1. The number of hydrogen-bond acceptors (Lipinski definition) is 4. The summed E-state index contributed by atoms with van der Waals surface area (Å²) in [4.78, 5) is 28.6. The van der Waals surface area contributed by atoms with Crippen molar-refractivity contribution >= 4 is 23.6 Å². The van der Waals surface area contributed by atoms with Gasteiger partial charge in [0.1, 0.15) is 0 Å². The number of rotatable bonds is 12. The third kappa shape index (κ3) is 7.10. The van der Waals surface area contributed by atoms with Gasteiger partial charge in [-0.1, -0.05) is 43.5 Å². The summed E-state index contributed by atoms with van der Waals surface area (Å²) in [6, 6.07) is 0. The van der Waals surface area contributed by atoms with Gasteiger partial charge in [0.25, 0.3) is 5.91 Å². The molecule has 0 radical (unpaired) electrons. The molecule has 1 amide bonds. The second-order valence-corrected chi connectivity index (χ2v) is 8.24. The zero-order valence-corrected chi connectivity index (χ0v) is 20.6. The molecule has 6 heteroatoms. The predicted molar refractivity (Wildman–Crippen MR) is 141 cm³/mol. The maximum absolute atomic E-state index is 13.1. The van der Waals surface area contributed by atoms with Crippen LogP contribution >= 0.6 is 0 Å². The van der Waals surface area contributed by atoms with Gasteiger partial charge in [-0.25, -0.2) is 4.68 Å². The predicted octanol–water partition coefficient (Wildman–Crippen LogP) is 5.72. The average Bonchev–Trinajstić information content (AvgIpc) is 3.55. The van der Waals surface area contributed by atoms with E-state index < -0.39 is 0 Å². The van der Waals surface area contributed by atoms with Crippen LogP contribution in [0.1, 0.15) is 62.0 Å².